The Labute approximate surface area is 124 Å². The maximum Gasteiger partial charge on any atom is 0.410 e. The third-order valence-corrected chi connectivity index (χ3v) is 3.96. The van der Waals surface area contributed by atoms with Gasteiger partial charge in [-0.25, -0.2) is 4.79 Å². The summed E-state index contributed by atoms with van der Waals surface area (Å²) in [5, 5.41) is 3.56. The SMILES string of the molecule is CC(C)C(C)NCCC1CCN(C(=O)OC(C)(C)C)C1. The first-order chi connectivity index (χ1) is 9.19. The van der Waals surface area contributed by atoms with Gasteiger partial charge in [0.15, 0.2) is 0 Å². The molecule has 1 aliphatic rings. The van der Waals surface area contributed by atoms with E-state index in [1.165, 1.54) is 0 Å². The van der Waals surface area contributed by atoms with E-state index < -0.39 is 5.60 Å². The first-order valence-corrected chi connectivity index (χ1v) is 7.90. The minimum absolute atomic E-state index is 0.163. The molecule has 4 nitrogen and oxygen atoms in total. The number of nitrogens with one attached hydrogen (secondary N) is 1. The van der Waals surface area contributed by atoms with Gasteiger partial charge in [-0.05, 0) is 58.9 Å². The van der Waals surface area contributed by atoms with E-state index in [-0.39, 0.29) is 6.09 Å². The smallest absolute Gasteiger partial charge is 0.410 e. The van der Waals surface area contributed by atoms with Crippen LogP contribution in [0.25, 0.3) is 0 Å². The largest absolute Gasteiger partial charge is 0.444 e. The first-order valence-electron chi connectivity index (χ1n) is 7.90. The molecule has 1 aliphatic heterocycles. The van der Waals surface area contributed by atoms with Gasteiger partial charge in [0.05, 0.1) is 0 Å². The predicted molar refractivity (Wildman–Crippen MR) is 82.8 cm³/mol. The average molecular weight is 284 g/mol. The van der Waals surface area contributed by atoms with Crippen molar-refractivity contribution in [2.45, 2.75) is 66.0 Å². The number of carbonyl (C=O) groups excluding carboxylic acids is 1. The van der Waals surface area contributed by atoms with Crippen LogP contribution in [-0.2, 0) is 4.74 Å². The second-order valence-corrected chi connectivity index (χ2v) is 7.36. The predicted octanol–water partition coefficient (Wildman–Crippen LogP) is 3.27. The molecule has 0 radical (unpaired) electrons. The van der Waals surface area contributed by atoms with Crippen LogP contribution in [0.1, 0.15) is 54.4 Å². The minimum Gasteiger partial charge on any atom is -0.444 e. The van der Waals surface area contributed by atoms with E-state index in [1.807, 2.05) is 25.7 Å². The molecule has 20 heavy (non-hydrogen) atoms. The molecule has 0 aromatic carbocycles. The zero-order valence-electron chi connectivity index (χ0n) is 14.0. The highest BCUT2D eigenvalue weighted by molar-refractivity contribution is 5.68. The van der Waals surface area contributed by atoms with Gasteiger partial charge in [-0.15, -0.1) is 0 Å². The van der Waals surface area contributed by atoms with E-state index in [0.717, 1.165) is 32.5 Å². The number of hydrogen-bond acceptors (Lipinski definition) is 3. The number of hydrogen-bond donors (Lipinski definition) is 1. The van der Waals surface area contributed by atoms with Crippen LogP contribution < -0.4 is 5.32 Å². The second-order valence-electron chi connectivity index (χ2n) is 7.36. The Hall–Kier alpha value is -0.770. The van der Waals surface area contributed by atoms with E-state index in [4.69, 9.17) is 4.74 Å². The van der Waals surface area contributed by atoms with Gasteiger partial charge in [0.25, 0.3) is 0 Å². The molecule has 1 rings (SSSR count). The maximum atomic E-state index is 12.0. The monoisotopic (exact) mass is 284 g/mol. The van der Waals surface area contributed by atoms with Crippen LogP contribution in [0.4, 0.5) is 4.79 Å². The van der Waals surface area contributed by atoms with E-state index in [0.29, 0.717) is 17.9 Å². The molecular weight excluding hydrogens is 252 g/mol. The molecule has 0 aromatic heterocycles. The lowest BCUT2D eigenvalue weighted by Crippen LogP contribution is -2.36. The van der Waals surface area contributed by atoms with Crippen molar-refractivity contribution in [2.75, 3.05) is 19.6 Å². The first kappa shape index (κ1) is 17.3. The molecule has 0 aliphatic carbocycles. The zero-order valence-corrected chi connectivity index (χ0v) is 14.0. The molecule has 1 fully saturated rings. The molecule has 2 unspecified atom stereocenters. The van der Waals surface area contributed by atoms with Gasteiger partial charge >= 0.3 is 6.09 Å². The molecule has 1 N–H and O–H groups in total. The van der Waals surface area contributed by atoms with Crippen LogP contribution >= 0.6 is 0 Å². The summed E-state index contributed by atoms with van der Waals surface area (Å²) < 4.78 is 5.42. The lowest BCUT2D eigenvalue weighted by Gasteiger charge is -2.24. The fraction of sp³-hybridized carbons (Fsp3) is 0.938. The van der Waals surface area contributed by atoms with Crippen LogP contribution in [-0.4, -0.2) is 42.3 Å². The van der Waals surface area contributed by atoms with Crippen molar-refractivity contribution in [1.82, 2.24) is 10.2 Å². The van der Waals surface area contributed by atoms with Gasteiger partial charge < -0.3 is 15.0 Å². The van der Waals surface area contributed by atoms with Gasteiger partial charge in [0, 0.05) is 19.1 Å². The number of nitrogens with zero attached hydrogens (tertiary/aromatic N) is 1. The Bertz CT molecular complexity index is 310. The lowest BCUT2D eigenvalue weighted by molar-refractivity contribution is 0.0287. The maximum absolute atomic E-state index is 12.0. The topological polar surface area (TPSA) is 41.6 Å². The average Bonchev–Trinajstić information content (AvgIpc) is 2.75. The summed E-state index contributed by atoms with van der Waals surface area (Å²) in [6.45, 7) is 15.1. The lowest BCUT2D eigenvalue weighted by atomic mass is 10.0. The van der Waals surface area contributed by atoms with Crippen LogP contribution in [0.5, 0.6) is 0 Å². The van der Waals surface area contributed by atoms with Crippen molar-refractivity contribution in [1.29, 1.82) is 0 Å². The van der Waals surface area contributed by atoms with Gasteiger partial charge in [-0.2, -0.15) is 0 Å². The van der Waals surface area contributed by atoms with Crippen molar-refractivity contribution in [3.63, 3.8) is 0 Å². The third-order valence-electron chi connectivity index (χ3n) is 3.96. The molecule has 1 heterocycles. The number of rotatable bonds is 5. The highest BCUT2D eigenvalue weighted by Crippen LogP contribution is 2.21. The van der Waals surface area contributed by atoms with E-state index in [2.05, 4.69) is 26.1 Å². The highest BCUT2D eigenvalue weighted by atomic mass is 16.6. The fourth-order valence-corrected chi connectivity index (χ4v) is 2.31. The Morgan fingerprint density at radius 3 is 2.55 bits per heavy atom. The van der Waals surface area contributed by atoms with Gasteiger partial charge in [0.1, 0.15) is 5.60 Å². The summed E-state index contributed by atoms with van der Waals surface area (Å²) in [6, 6.07) is 0.554. The Morgan fingerprint density at radius 2 is 2.00 bits per heavy atom. The van der Waals surface area contributed by atoms with Gasteiger partial charge in [0.2, 0.25) is 0 Å². The van der Waals surface area contributed by atoms with Crippen LogP contribution in [0.2, 0.25) is 0 Å². The molecule has 0 saturated carbocycles. The van der Waals surface area contributed by atoms with Crippen molar-refractivity contribution in [2.24, 2.45) is 11.8 Å². The van der Waals surface area contributed by atoms with Gasteiger partial charge in [-0.1, -0.05) is 13.8 Å². The Morgan fingerprint density at radius 1 is 1.35 bits per heavy atom. The third kappa shape index (κ3) is 6.12. The minimum atomic E-state index is -0.399. The molecular formula is C16H32N2O2. The molecule has 4 heteroatoms. The van der Waals surface area contributed by atoms with Crippen molar-refractivity contribution in [3.8, 4) is 0 Å². The zero-order chi connectivity index (χ0) is 15.3. The second kappa shape index (κ2) is 7.30. The molecule has 2 atom stereocenters. The molecule has 0 aromatic rings. The Balaban J connectivity index is 2.25. The molecule has 0 spiro atoms. The molecule has 1 amide bonds. The summed E-state index contributed by atoms with van der Waals surface area (Å²) in [4.78, 5) is 13.8. The molecule has 1 saturated heterocycles. The number of ether oxygens (including phenoxy) is 1. The van der Waals surface area contributed by atoms with Crippen molar-refractivity contribution >= 4 is 6.09 Å². The summed E-state index contributed by atoms with van der Waals surface area (Å²) in [7, 11) is 0. The standard InChI is InChI=1S/C16H32N2O2/c1-12(2)13(3)17-9-7-14-8-10-18(11-14)15(19)20-16(4,5)6/h12-14,17H,7-11H2,1-6H3. The quantitative estimate of drug-likeness (QED) is 0.842. The normalized spacial score (nSPS) is 21.4. The number of carbonyl (C=O) groups is 1. The molecule has 0 bridgehead atoms. The highest BCUT2D eigenvalue weighted by Gasteiger charge is 2.29. The van der Waals surface area contributed by atoms with E-state index in [9.17, 15) is 4.79 Å². The van der Waals surface area contributed by atoms with Crippen LogP contribution in [0.15, 0.2) is 0 Å². The van der Waals surface area contributed by atoms with Crippen LogP contribution in [0, 0.1) is 11.8 Å². The van der Waals surface area contributed by atoms with E-state index in [1.54, 1.807) is 0 Å². The van der Waals surface area contributed by atoms with Crippen molar-refractivity contribution in [3.05, 3.63) is 0 Å². The van der Waals surface area contributed by atoms with Crippen molar-refractivity contribution < 1.29 is 9.53 Å². The van der Waals surface area contributed by atoms with Crippen LogP contribution in [0.3, 0.4) is 0 Å². The molecule has 118 valence electrons. The Kier molecular flexibility index (Phi) is 6.31. The fourth-order valence-electron chi connectivity index (χ4n) is 2.31. The summed E-state index contributed by atoms with van der Waals surface area (Å²) >= 11 is 0. The summed E-state index contributed by atoms with van der Waals surface area (Å²) in [5.74, 6) is 1.27. The summed E-state index contributed by atoms with van der Waals surface area (Å²) in [5.41, 5.74) is -0.399. The summed E-state index contributed by atoms with van der Waals surface area (Å²) in [6.07, 6.45) is 2.07. The van der Waals surface area contributed by atoms with E-state index >= 15 is 0 Å². The number of amides is 1. The van der Waals surface area contributed by atoms with Gasteiger partial charge in [-0.3, -0.25) is 0 Å². The number of likely N-dealkylation sites (tertiary alicyclic amines) is 1.